The summed E-state index contributed by atoms with van der Waals surface area (Å²) in [6.07, 6.45) is 1.04. The molecule has 0 amide bonds. The number of nitrogens with zero attached hydrogens (tertiary/aromatic N) is 2. The van der Waals surface area contributed by atoms with Crippen LogP contribution in [-0.4, -0.2) is 16.1 Å². The highest BCUT2D eigenvalue weighted by molar-refractivity contribution is 7.05. The van der Waals surface area contributed by atoms with Crippen LogP contribution in [0.25, 0.3) is 0 Å². The van der Waals surface area contributed by atoms with Gasteiger partial charge >= 0.3 is 0 Å². The molecule has 21 heavy (non-hydrogen) atoms. The number of hydrogen-bond donors (Lipinski definition) is 1. The molecule has 0 aliphatic rings. The van der Waals surface area contributed by atoms with E-state index in [0.717, 1.165) is 29.1 Å². The maximum absolute atomic E-state index is 6.41. The van der Waals surface area contributed by atoms with Crippen LogP contribution in [0, 0.1) is 0 Å². The van der Waals surface area contributed by atoms with E-state index in [2.05, 4.69) is 35.7 Å². The third kappa shape index (κ3) is 3.75. The van der Waals surface area contributed by atoms with E-state index in [-0.39, 0.29) is 6.04 Å². The molecule has 0 saturated carbocycles. The highest BCUT2D eigenvalue weighted by Crippen LogP contribution is 2.36. The Bertz CT molecular complexity index is 598. The van der Waals surface area contributed by atoms with Gasteiger partial charge in [-0.05, 0) is 42.0 Å². The fourth-order valence-electron chi connectivity index (χ4n) is 2.18. The van der Waals surface area contributed by atoms with Crippen LogP contribution in [0.3, 0.4) is 0 Å². The zero-order valence-corrected chi connectivity index (χ0v) is 14.7. The van der Waals surface area contributed by atoms with Gasteiger partial charge in [0.1, 0.15) is 0 Å². The Morgan fingerprint density at radius 1 is 1.29 bits per heavy atom. The number of aromatic nitrogens is 2. The van der Waals surface area contributed by atoms with Crippen LogP contribution < -0.4 is 5.32 Å². The fourth-order valence-corrected chi connectivity index (χ4v) is 3.50. The van der Waals surface area contributed by atoms with Crippen LogP contribution in [0.1, 0.15) is 55.3 Å². The van der Waals surface area contributed by atoms with Gasteiger partial charge in [0, 0.05) is 0 Å². The molecule has 0 fully saturated rings. The molecule has 2 rings (SSSR count). The molecule has 0 radical (unpaired) electrons. The summed E-state index contributed by atoms with van der Waals surface area (Å²) >= 11 is 14.0. The predicted octanol–water partition coefficient (Wildman–Crippen LogP) is 5.06. The second kappa shape index (κ2) is 7.54. The summed E-state index contributed by atoms with van der Waals surface area (Å²) < 4.78 is 4.13. The van der Waals surface area contributed by atoms with E-state index < -0.39 is 0 Å². The number of benzene rings is 1. The van der Waals surface area contributed by atoms with Crippen molar-refractivity contribution in [1.29, 1.82) is 0 Å². The maximum Gasteiger partial charge on any atom is 0.0832 e. The Hall–Kier alpha value is -0.680. The molecule has 1 N–H and O–H groups in total. The van der Waals surface area contributed by atoms with Crippen LogP contribution in [0.4, 0.5) is 0 Å². The summed E-state index contributed by atoms with van der Waals surface area (Å²) in [5.41, 5.74) is 2.00. The van der Waals surface area contributed by atoms with Crippen molar-refractivity contribution in [3.63, 3.8) is 0 Å². The van der Waals surface area contributed by atoms with Gasteiger partial charge in [-0.25, -0.2) is 0 Å². The van der Waals surface area contributed by atoms with Crippen LogP contribution in [0.2, 0.25) is 10.0 Å². The average molecular weight is 344 g/mol. The van der Waals surface area contributed by atoms with E-state index in [9.17, 15) is 0 Å². The fraction of sp³-hybridized carbons (Fsp3) is 0.467. The first-order valence-electron chi connectivity index (χ1n) is 7.05. The molecule has 1 aromatic heterocycles. The molecule has 114 valence electrons. The van der Waals surface area contributed by atoms with Gasteiger partial charge in [0.15, 0.2) is 0 Å². The lowest BCUT2D eigenvalue weighted by molar-refractivity contribution is 0.596. The summed E-state index contributed by atoms with van der Waals surface area (Å²) in [7, 11) is 0. The largest absolute Gasteiger partial charge is 0.305 e. The zero-order chi connectivity index (χ0) is 15.4. The molecule has 0 bridgehead atoms. The summed E-state index contributed by atoms with van der Waals surface area (Å²) in [5, 5.41) is 8.98. The minimum absolute atomic E-state index is 0.0199. The predicted molar refractivity (Wildman–Crippen MR) is 90.6 cm³/mol. The number of nitrogens with one attached hydrogen (secondary N) is 1. The Kier molecular flexibility index (Phi) is 5.99. The minimum atomic E-state index is -0.0199. The molecule has 3 nitrogen and oxygen atoms in total. The van der Waals surface area contributed by atoms with Crippen molar-refractivity contribution >= 4 is 34.7 Å². The maximum atomic E-state index is 6.41. The second-order valence-electron chi connectivity index (χ2n) is 5.21. The summed E-state index contributed by atoms with van der Waals surface area (Å²) in [4.78, 5) is 1.11. The average Bonchev–Trinajstić information content (AvgIpc) is 2.93. The Balaban J connectivity index is 2.47. The van der Waals surface area contributed by atoms with Crippen molar-refractivity contribution < 1.29 is 0 Å². The molecule has 0 aliphatic heterocycles. The molecule has 1 aromatic carbocycles. The highest BCUT2D eigenvalue weighted by Gasteiger charge is 2.24. The van der Waals surface area contributed by atoms with Gasteiger partial charge in [0.2, 0.25) is 0 Å². The van der Waals surface area contributed by atoms with Gasteiger partial charge in [-0.3, -0.25) is 0 Å². The van der Waals surface area contributed by atoms with Crippen LogP contribution in [-0.2, 0) is 0 Å². The first-order valence-corrected chi connectivity index (χ1v) is 8.58. The molecule has 1 unspecified atom stereocenters. The van der Waals surface area contributed by atoms with E-state index >= 15 is 0 Å². The van der Waals surface area contributed by atoms with Gasteiger partial charge in [-0.15, -0.1) is 5.10 Å². The van der Waals surface area contributed by atoms with E-state index in [1.54, 1.807) is 6.07 Å². The van der Waals surface area contributed by atoms with Crippen molar-refractivity contribution in [2.75, 3.05) is 6.54 Å². The Morgan fingerprint density at radius 3 is 2.71 bits per heavy atom. The molecule has 1 atom stereocenters. The lowest BCUT2D eigenvalue weighted by Gasteiger charge is -2.20. The summed E-state index contributed by atoms with van der Waals surface area (Å²) in [6.45, 7) is 7.27. The van der Waals surface area contributed by atoms with E-state index in [0.29, 0.717) is 16.0 Å². The second-order valence-corrected chi connectivity index (χ2v) is 6.78. The van der Waals surface area contributed by atoms with Gasteiger partial charge in [-0.1, -0.05) is 60.6 Å². The van der Waals surface area contributed by atoms with Gasteiger partial charge in [-0.2, -0.15) is 0 Å². The molecule has 6 heteroatoms. The first-order chi connectivity index (χ1) is 10.1. The quantitative estimate of drug-likeness (QED) is 0.796. The summed E-state index contributed by atoms with van der Waals surface area (Å²) in [6, 6.07) is 5.71. The first kappa shape index (κ1) is 16.7. The van der Waals surface area contributed by atoms with Crippen LogP contribution in [0.5, 0.6) is 0 Å². The van der Waals surface area contributed by atoms with E-state index in [1.165, 1.54) is 11.5 Å². The Labute approximate surface area is 139 Å². The monoisotopic (exact) mass is 343 g/mol. The Morgan fingerprint density at radius 2 is 2.05 bits per heavy atom. The zero-order valence-electron chi connectivity index (χ0n) is 12.4. The van der Waals surface area contributed by atoms with Crippen molar-refractivity contribution in [3.05, 3.63) is 44.4 Å². The minimum Gasteiger partial charge on any atom is -0.305 e. The number of hydrogen-bond acceptors (Lipinski definition) is 4. The lowest BCUT2D eigenvalue weighted by atomic mass is 10.00. The topological polar surface area (TPSA) is 37.8 Å². The highest BCUT2D eigenvalue weighted by atomic mass is 35.5. The molecule has 0 saturated heterocycles. The van der Waals surface area contributed by atoms with E-state index in [1.807, 2.05) is 12.1 Å². The van der Waals surface area contributed by atoms with Crippen LogP contribution >= 0.6 is 34.7 Å². The van der Waals surface area contributed by atoms with Crippen molar-refractivity contribution in [1.82, 2.24) is 14.9 Å². The third-order valence-corrected chi connectivity index (χ3v) is 4.88. The SMILES string of the molecule is CCCNC(c1cccc(Cl)c1Cl)c1snnc1C(C)C. The van der Waals surface area contributed by atoms with E-state index in [4.69, 9.17) is 23.2 Å². The molecular formula is C15H19Cl2N3S. The van der Waals surface area contributed by atoms with Crippen LogP contribution in [0.15, 0.2) is 18.2 Å². The van der Waals surface area contributed by atoms with Gasteiger partial charge < -0.3 is 5.32 Å². The third-order valence-electron chi connectivity index (χ3n) is 3.24. The number of halogens is 2. The molecule has 0 aliphatic carbocycles. The van der Waals surface area contributed by atoms with Crippen molar-refractivity contribution in [2.45, 2.75) is 39.2 Å². The lowest BCUT2D eigenvalue weighted by Crippen LogP contribution is -2.24. The molecule has 0 spiro atoms. The molecular weight excluding hydrogens is 325 g/mol. The van der Waals surface area contributed by atoms with Crippen molar-refractivity contribution in [3.8, 4) is 0 Å². The molecule has 2 aromatic rings. The molecule has 1 heterocycles. The smallest absolute Gasteiger partial charge is 0.0832 e. The standard InChI is InChI=1S/C15H19Cl2N3S/c1-4-8-18-14(10-6-5-7-11(16)12(10)17)15-13(9(2)3)19-20-21-15/h5-7,9,14,18H,4,8H2,1-3H3. The summed E-state index contributed by atoms with van der Waals surface area (Å²) in [5.74, 6) is 0.322. The van der Waals surface area contributed by atoms with Crippen molar-refractivity contribution in [2.24, 2.45) is 0 Å². The van der Waals surface area contributed by atoms with Gasteiger partial charge in [0.05, 0.1) is 26.7 Å². The van der Waals surface area contributed by atoms with Gasteiger partial charge in [0.25, 0.3) is 0 Å². The normalized spacial score (nSPS) is 12.9. The number of rotatable bonds is 6.